The molecule has 3 aromatic carbocycles. The van der Waals surface area contributed by atoms with Gasteiger partial charge in [-0.25, -0.2) is 4.39 Å². The van der Waals surface area contributed by atoms with Crippen LogP contribution < -0.4 is 10.1 Å². The van der Waals surface area contributed by atoms with Crippen LogP contribution in [0, 0.1) is 5.82 Å². The minimum atomic E-state index is -0.291. The molecule has 1 atom stereocenters. The summed E-state index contributed by atoms with van der Waals surface area (Å²) in [5, 5.41) is 2.97. The number of amides is 2. The summed E-state index contributed by atoms with van der Waals surface area (Å²) in [5.74, 6) is 0.379. The van der Waals surface area contributed by atoms with Crippen molar-refractivity contribution in [3.05, 3.63) is 101 Å². The highest BCUT2D eigenvalue weighted by molar-refractivity contribution is 5.99. The van der Waals surface area contributed by atoms with E-state index in [-0.39, 0.29) is 36.1 Å². The summed E-state index contributed by atoms with van der Waals surface area (Å²) in [6, 6.07) is 21.4. The maximum absolute atomic E-state index is 13.5. The van der Waals surface area contributed by atoms with Gasteiger partial charge in [-0.3, -0.25) is 9.59 Å². The lowest BCUT2D eigenvalue weighted by molar-refractivity contribution is -0.134. The lowest BCUT2D eigenvalue weighted by atomic mass is 10.0. The van der Waals surface area contributed by atoms with Crippen LogP contribution in [-0.2, 0) is 17.9 Å². The Balaban J connectivity index is 1.28. The zero-order chi connectivity index (χ0) is 24.2. The van der Waals surface area contributed by atoms with Crippen molar-refractivity contribution in [1.29, 1.82) is 0 Å². The topological polar surface area (TPSA) is 58.6 Å². The average molecular weight is 473 g/mol. The van der Waals surface area contributed by atoms with Crippen LogP contribution in [0.1, 0.15) is 65.2 Å². The summed E-state index contributed by atoms with van der Waals surface area (Å²) in [6.07, 6.45) is 4.50. The van der Waals surface area contributed by atoms with Crippen molar-refractivity contribution < 1.29 is 18.7 Å². The van der Waals surface area contributed by atoms with E-state index >= 15 is 0 Å². The van der Waals surface area contributed by atoms with Gasteiger partial charge in [0.05, 0.1) is 12.5 Å². The Hall–Kier alpha value is -3.67. The van der Waals surface area contributed by atoms with Crippen molar-refractivity contribution in [2.75, 3.05) is 0 Å². The number of benzene rings is 3. The first-order valence-corrected chi connectivity index (χ1v) is 12.2. The van der Waals surface area contributed by atoms with Crippen molar-refractivity contribution in [2.24, 2.45) is 0 Å². The van der Waals surface area contributed by atoms with Crippen molar-refractivity contribution in [3.63, 3.8) is 0 Å². The number of halogens is 1. The van der Waals surface area contributed by atoms with Gasteiger partial charge in [-0.15, -0.1) is 0 Å². The molecule has 1 heterocycles. The van der Waals surface area contributed by atoms with Crippen LogP contribution in [0.4, 0.5) is 4.39 Å². The van der Waals surface area contributed by atoms with Crippen molar-refractivity contribution in [3.8, 4) is 5.75 Å². The molecule has 35 heavy (non-hydrogen) atoms. The summed E-state index contributed by atoms with van der Waals surface area (Å²) in [7, 11) is 0. The van der Waals surface area contributed by atoms with E-state index in [4.69, 9.17) is 4.74 Å². The van der Waals surface area contributed by atoms with E-state index in [9.17, 15) is 14.0 Å². The van der Waals surface area contributed by atoms with Crippen LogP contribution in [0.5, 0.6) is 5.75 Å². The van der Waals surface area contributed by atoms with E-state index < -0.39 is 0 Å². The molecular formula is C29H29FN2O3. The molecule has 6 heteroatoms. The van der Waals surface area contributed by atoms with Crippen LogP contribution in [0.15, 0.2) is 72.8 Å². The average Bonchev–Trinajstić information content (AvgIpc) is 3.51. The molecular weight excluding hydrogens is 443 g/mol. The normalized spacial score (nSPS) is 17.2. The molecule has 1 unspecified atom stereocenters. The Morgan fingerprint density at radius 1 is 0.971 bits per heavy atom. The van der Waals surface area contributed by atoms with E-state index in [2.05, 4.69) is 5.32 Å². The second kappa shape index (κ2) is 10.3. The fourth-order valence-corrected chi connectivity index (χ4v) is 5.09. The SMILES string of the molecule is O=C1NC(CC(=O)N(Cc2cccc(OCc3ccc(F)cc3)c2)C2CCCC2)c2ccccc21. The standard InChI is InChI=1S/C29H29FN2O3/c30-22-14-12-20(13-15-22)19-35-24-9-5-6-21(16-24)18-32(23-7-1-2-8-23)28(33)17-27-25-10-3-4-11-26(25)29(34)31-27/h3-6,9-16,23,27H,1-2,7-8,17-19H2,(H,31,34). The molecule has 180 valence electrons. The van der Waals surface area contributed by atoms with E-state index in [0.29, 0.717) is 24.5 Å². The van der Waals surface area contributed by atoms with Crippen LogP contribution in [0.25, 0.3) is 0 Å². The van der Waals surface area contributed by atoms with Gasteiger partial charge in [-0.05, 0) is 59.9 Å². The van der Waals surface area contributed by atoms with Crippen molar-refractivity contribution >= 4 is 11.8 Å². The molecule has 1 N–H and O–H groups in total. The summed E-state index contributed by atoms with van der Waals surface area (Å²) in [6.45, 7) is 0.843. The molecule has 2 amide bonds. The van der Waals surface area contributed by atoms with Crippen LogP contribution >= 0.6 is 0 Å². The molecule has 1 fully saturated rings. The van der Waals surface area contributed by atoms with E-state index in [1.807, 2.05) is 47.4 Å². The van der Waals surface area contributed by atoms with E-state index in [1.54, 1.807) is 18.2 Å². The van der Waals surface area contributed by atoms with Gasteiger partial charge in [-0.2, -0.15) is 0 Å². The smallest absolute Gasteiger partial charge is 0.252 e. The van der Waals surface area contributed by atoms with Gasteiger partial charge < -0.3 is 15.0 Å². The molecule has 0 saturated heterocycles. The highest BCUT2D eigenvalue weighted by Crippen LogP contribution is 2.31. The van der Waals surface area contributed by atoms with Gasteiger partial charge in [0.1, 0.15) is 18.2 Å². The zero-order valence-corrected chi connectivity index (χ0v) is 19.6. The van der Waals surface area contributed by atoms with E-state index in [0.717, 1.165) is 42.4 Å². The summed E-state index contributed by atoms with van der Waals surface area (Å²) < 4.78 is 19.1. The van der Waals surface area contributed by atoms with Crippen LogP contribution in [0.2, 0.25) is 0 Å². The molecule has 1 aliphatic heterocycles. The van der Waals surface area contributed by atoms with Gasteiger partial charge >= 0.3 is 0 Å². The molecule has 2 aliphatic rings. The molecule has 1 aliphatic carbocycles. The largest absolute Gasteiger partial charge is 0.489 e. The third kappa shape index (κ3) is 5.37. The quantitative estimate of drug-likeness (QED) is 0.468. The third-order valence-corrected chi connectivity index (χ3v) is 6.92. The third-order valence-electron chi connectivity index (χ3n) is 6.92. The Kier molecular flexibility index (Phi) is 6.80. The molecule has 0 aromatic heterocycles. The summed E-state index contributed by atoms with van der Waals surface area (Å²) in [5.41, 5.74) is 3.44. The highest BCUT2D eigenvalue weighted by Gasteiger charge is 2.33. The number of hydrogen-bond donors (Lipinski definition) is 1. The number of fused-ring (bicyclic) bond motifs is 1. The predicted octanol–water partition coefficient (Wildman–Crippen LogP) is 5.55. The summed E-state index contributed by atoms with van der Waals surface area (Å²) in [4.78, 5) is 27.9. The molecule has 5 rings (SSSR count). The fourth-order valence-electron chi connectivity index (χ4n) is 5.09. The van der Waals surface area contributed by atoms with Crippen LogP contribution in [-0.4, -0.2) is 22.8 Å². The minimum absolute atomic E-state index is 0.0523. The van der Waals surface area contributed by atoms with Gasteiger partial charge in [-0.1, -0.05) is 55.3 Å². The number of rotatable bonds is 8. The molecule has 0 radical (unpaired) electrons. The maximum atomic E-state index is 13.5. The first-order chi connectivity index (χ1) is 17.1. The Labute approximate surface area is 204 Å². The summed E-state index contributed by atoms with van der Waals surface area (Å²) >= 11 is 0. The molecule has 0 spiro atoms. The number of nitrogens with zero attached hydrogens (tertiary/aromatic N) is 1. The van der Waals surface area contributed by atoms with E-state index in [1.165, 1.54) is 12.1 Å². The van der Waals surface area contributed by atoms with Crippen molar-refractivity contribution in [2.45, 2.75) is 57.3 Å². The van der Waals surface area contributed by atoms with Gasteiger partial charge in [0.25, 0.3) is 5.91 Å². The maximum Gasteiger partial charge on any atom is 0.252 e. The predicted molar refractivity (Wildman–Crippen MR) is 131 cm³/mol. The first kappa shape index (κ1) is 23.1. The van der Waals surface area contributed by atoms with Crippen molar-refractivity contribution in [1.82, 2.24) is 10.2 Å². The number of nitrogens with one attached hydrogen (secondary N) is 1. The van der Waals surface area contributed by atoms with Gasteiger partial charge in [0.2, 0.25) is 5.91 Å². The second-order valence-corrected chi connectivity index (χ2v) is 9.34. The fraction of sp³-hybridized carbons (Fsp3) is 0.310. The second-order valence-electron chi connectivity index (χ2n) is 9.34. The lowest BCUT2D eigenvalue weighted by Crippen LogP contribution is -2.39. The Bertz CT molecular complexity index is 1200. The molecule has 5 nitrogen and oxygen atoms in total. The van der Waals surface area contributed by atoms with Crippen LogP contribution in [0.3, 0.4) is 0 Å². The minimum Gasteiger partial charge on any atom is -0.489 e. The lowest BCUT2D eigenvalue weighted by Gasteiger charge is -2.30. The highest BCUT2D eigenvalue weighted by atomic mass is 19.1. The van der Waals surface area contributed by atoms with Gasteiger partial charge in [0, 0.05) is 18.2 Å². The molecule has 3 aromatic rings. The number of carbonyl (C=O) groups excluding carboxylic acids is 2. The Morgan fingerprint density at radius 3 is 2.54 bits per heavy atom. The zero-order valence-electron chi connectivity index (χ0n) is 19.6. The monoisotopic (exact) mass is 472 g/mol. The number of hydrogen-bond acceptors (Lipinski definition) is 3. The van der Waals surface area contributed by atoms with Gasteiger partial charge in [0.15, 0.2) is 0 Å². The Morgan fingerprint density at radius 2 is 1.74 bits per heavy atom. The molecule has 1 saturated carbocycles. The number of ether oxygens (including phenoxy) is 1. The number of carbonyl (C=O) groups is 2. The molecule has 0 bridgehead atoms. The first-order valence-electron chi connectivity index (χ1n) is 12.2.